The summed E-state index contributed by atoms with van der Waals surface area (Å²) in [6, 6.07) is 10.3. The second-order valence-electron chi connectivity index (χ2n) is 6.57. The van der Waals surface area contributed by atoms with Crippen molar-refractivity contribution in [2.24, 2.45) is 0 Å². The third-order valence-electron chi connectivity index (χ3n) is 4.80. The Labute approximate surface area is 144 Å². The number of aliphatic hydroxyl groups excluding tert-OH is 1. The van der Waals surface area contributed by atoms with Gasteiger partial charge in [-0.3, -0.25) is 14.9 Å². The van der Waals surface area contributed by atoms with E-state index in [1.54, 1.807) is 0 Å². The van der Waals surface area contributed by atoms with Crippen molar-refractivity contribution in [3.8, 4) is 0 Å². The minimum absolute atomic E-state index is 0.224. The van der Waals surface area contributed by atoms with Crippen LogP contribution < -0.4 is 0 Å². The lowest BCUT2D eigenvalue weighted by atomic mass is 9.99. The summed E-state index contributed by atoms with van der Waals surface area (Å²) >= 11 is 0. The normalized spacial score (nSPS) is 22.0. The van der Waals surface area contributed by atoms with E-state index in [-0.39, 0.29) is 12.1 Å². The van der Waals surface area contributed by atoms with Crippen LogP contribution in [-0.2, 0) is 13.0 Å². The Morgan fingerprint density at radius 1 is 1.21 bits per heavy atom. The molecule has 1 fully saturated rings. The number of aliphatic hydroxyl groups is 1. The summed E-state index contributed by atoms with van der Waals surface area (Å²) in [6.07, 6.45) is 7.08. The molecule has 1 saturated heterocycles. The van der Waals surface area contributed by atoms with Gasteiger partial charge in [0.15, 0.2) is 0 Å². The summed E-state index contributed by atoms with van der Waals surface area (Å²) < 4.78 is 0. The fraction of sp³-hybridized carbons (Fsp3) is 0.474. The van der Waals surface area contributed by atoms with Gasteiger partial charge in [0.1, 0.15) is 0 Å². The van der Waals surface area contributed by atoms with Crippen molar-refractivity contribution >= 4 is 0 Å². The molecule has 128 valence electrons. The van der Waals surface area contributed by atoms with E-state index in [1.807, 2.05) is 42.9 Å². The van der Waals surface area contributed by atoms with E-state index >= 15 is 0 Å². The number of hydrogen-bond acceptors (Lipinski definition) is 5. The van der Waals surface area contributed by atoms with Crippen molar-refractivity contribution in [1.29, 1.82) is 0 Å². The van der Waals surface area contributed by atoms with Crippen LogP contribution >= 0.6 is 0 Å². The van der Waals surface area contributed by atoms with Crippen LogP contribution in [-0.4, -0.2) is 63.7 Å². The van der Waals surface area contributed by atoms with Gasteiger partial charge in [-0.15, -0.1) is 0 Å². The number of pyridine rings is 2. The number of rotatable bonds is 6. The highest BCUT2D eigenvalue weighted by molar-refractivity contribution is 5.10. The molecule has 0 spiro atoms. The van der Waals surface area contributed by atoms with Crippen molar-refractivity contribution in [1.82, 2.24) is 19.8 Å². The molecule has 0 bridgehead atoms. The molecule has 1 aliphatic rings. The Morgan fingerprint density at radius 2 is 2.04 bits per heavy atom. The van der Waals surface area contributed by atoms with E-state index in [4.69, 9.17) is 0 Å². The average Bonchev–Trinajstić information content (AvgIpc) is 2.61. The van der Waals surface area contributed by atoms with Crippen LogP contribution in [0.4, 0.5) is 0 Å². The Hall–Kier alpha value is -1.82. The van der Waals surface area contributed by atoms with Crippen molar-refractivity contribution in [2.45, 2.75) is 31.5 Å². The SMILES string of the molecule is CN(CCc1ccccn1)[C@@H]1CCN(Cc2ccncc2)C[C@H]1O. The van der Waals surface area contributed by atoms with Crippen molar-refractivity contribution in [3.63, 3.8) is 0 Å². The lowest BCUT2D eigenvalue weighted by molar-refractivity contribution is -0.00620. The van der Waals surface area contributed by atoms with E-state index in [0.29, 0.717) is 0 Å². The van der Waals surface area contributed by atoms with Crippen molar-refractivity contribution in [2.75, 3.05) is 26.7 Å². The molecule has 5 heteroatoms. The number of β-amino-alcohol motifs (C(OH)–C–C–N with tert-alkyl or cyclic N) is 1. The van der Waals surface area contributed by atoms with Gasteiger partial charge in [0.25, 0.3) is 0 Å². The summed E-state index contributed by atoms with van der Waals surface area (Å²) in [5, 5.41) is 10.6. The first-order valence-electron chi connectivity index (χ1n) is 8.62. The first kappa shape index (κ1) is 17.0. The zero-order chi connectivity index (χ0) is 16.8. The van der Waals surface area contributed by atoms with Gasteiger partial charge in [0.05, 0.1) is 6.10 Å². The van der Waals surface area contributed by atoms with Crippen LogP contribution in [0.25, 0.3) is 0 Å². The van der Waals surface area contributed by atoms with Gasteiger partial charge in [-0.05, 0) is 43.3 Å². The molecule has 0 aromatic carbocycles. The Kier molecular flexibility index (Phi) is 5.91. The van der Waals surface area contributed by atoms with Crippen LogP contribution in [0.15, 0.2) is 48.9 Å². The summed E-state index contributed by atoms with van der Waals surface area (Å²) in [6.45, 7) is 3.53. The number of aromatic nitrogens is 2. The first-order chi connectivity index (χ1) is 11.7. The fourth-order valence-electron chi connectivity index (χ4n) is 3.39. The van der Waals surface area contributed by atoms with Gasteiger partial charge >= 0.3 is 0 Å². The van der Waals surface area contributed by atoms with Crippen LogP contribution in [0.2, 0.25) is 0 Å². The van der Waals surface area contributed by atoms with Crippen LogP contribution in [0, 0.1) is 0 Å². The third kappa shape index (κ3) is 4.60. The summed E-state index contributed by atoms with van der Waals surface area (Å²) in [5.41, 5.74) is 2.35. The molecule has 3 rings (SSSR count). The number of piperidine rings is 1. The van der Waals surface area contributed by atoms with Gasteiger partial charge < -0.3 is 10.0 Å². The molecule has 0 radical (unpaired) electrons. The number of hydrogen-bond donors (Lipinski definition) is 1. The minimum Gasteiger partial charge on any atom is -0.390 e. The predicted octanol–water partition coefficient (Wildman–Crippen LogP) is 1.59. The predicted molar refractivity (Wildman–Crippen MR) is 94.5 cm³/mol. The summed E-state index contributed by atoms with van der Waals surface area (Å²) in [5.74, 6) is 0. The number of likely N-dealkylation sites (N-methyl/N-ethyl adjacent to an activating group) is 1. The monoisotopic (exact) mass is 326 g/mol. The first-order valence-corrected chi connectivity index (χ1v) is 8.62. The molecular weight excluding hydrogens is 300 g/mol. The highest BCUT2D eigenvalue weighted by Crippen LogP contribution is 2.18. The molecule has 2 atom stereocenters. The molecular formula is C19H26N4O. The topological polar surface area (TPSA) is 52.5 Å². The second-order valence-corrected chi connectivity index (χ2v) is 6.57. The standard InChI is InChI=1S/C19H26N4O/c1-22(12-7-17-4-2-3-9-21-17)18-8-13-23(15-19(18)24)14-16-5-10-20-11-6-16/h2-6,9-11,18-19,24H,7-8,12-15H2,1H3/t18-,19-/m1/s1. The Balaban J connectivity index is 1.48. The van der Waals surface area contributed by atoms with Crippen LogP contribution in [0.1, 0.15) is 17.7 Å². The van der Waals surface area contributed by atoms with Gasteiger partial charge in [-0.2, -0.15) is 0 Å². The smallest absolute Gasteiger partial charge is 0.0822 e. The molecule has 1 aliphatic heterocycles. The van der Waals surface area contributed by atoms with Crippen LogP contribution in [0.5, 0.6) is 0 Å². The largest absolute Gasteiger partial charge is 0.390 e. The Bertz CT molecular complexity index is 607. The van der Waals surface area contributed by atoms with Gasteiger partial charge in [0, 0.05) is 62.9 Å². The molecule has 0 aliphatic carbocycles. The summed E-state index contributed by atoms with van der Waals surface area (Å²) in [7, 11) is 2.11. The molecule has 5 nitrogen and oxygen atoms in total. The maximum Gasteiger partial charge on any atom is 0.0822 e. The van der Waals surface area contributed by atoms with Crippen molar-refractivity contribution < 1.29 is 5.11 Å². The minimum atomic E-state index is -0.311. The molecule has 24 heavy (non-hydrogen) atoms. The van der Waals surface area contributed by atoms with Gasteiger partial charge in [0.2, 0.25) is 0 Å². The molecule has 0 unspecified atom stereocenters. The molecule has 0 amide bonds. The van der Waals surface area contributed by atoms with Gasteiger partial charge in [-0.1, -0.05) is 6.07 Å². The highest BCUT2D eigenvalue weighted by atomic mass is 16.3. The van der Waals surface area contributed by atoms with E-state index in [9.17, 15) is 5.11 Å². The molecule has 3 heterocycles. The van der Waals surface area contributed by atoms with E-state index < -0.39 is 0 Å². The average molecular weight is 326 g/mol. The van der Waals surface area contributed by atoms with E-state index in [1.165, 1.54) is 5.56 Å². The quantitative estimate of drug-likeness (QED) is 0.874. The van der Waals surface area contributed by atoms with Crippen LogP contribution in [0.3, 0.4) is 0 Å². The fourth-order valence-corrected chi connectivity index (χ4v) is 3.39. The lowest BCUT2D eigenvalue weighted by Gasteiger charge is -2.40. The zero-order valence-corrected chi connectivity index (χ0v) is 14.3. The van der Waals surface area contributed by atoms with Crippen molar-refractivity contribution in [3.05, 3.63) is 60.2 Å². The molecule has 1 N–H and O–H groups in total. The lowest BCUT2D eigenvalue weighted by Crippen LogP contribution is -2.53. The maximum absolute atomic E-state index is 10.6. The molecule has 2 aromatic rings. The highest BCUT2D eigenvalue weighted by Gasteiger charge is 2.30. The maximum atomic E-state index is 10.6. The Morgan fingerprint density at radius 3 is 2.75 bits per heavy atom. The summed E-state index contributed by atoms with van der Waals surface area (Å²) in [4.78, 5) is 13.0. The molecule has 0 saturated carbocycles. The zero-order valence-electron chi connectivity index (χ0n) is 14.3. The van der Waals surface area contributed by atoms with Gasteiger partial charge in [-0.25, -0.2) is 0 Å². The molecule has 2 aromatic heterocycles. The van der Waals surface area contributed by atoms with E-state index in [2.05, 4.69) is 32.9 Å². The number of likely N-dealkylation sites (tertiary alicyclic amines) is 1. The van der Waals surface area contributed by atoms with E-state index in [0.717, 1.165) is 44.7 Å². The second kappa shape index (κ2) is 8.33. The third-order valence-corrected chi connectivity index (χ3v) is 4.80. The number of nitrogens with zero attached hydrogens (tertiary/aromatic N) is 4.